The lowest BCUT2D eigenvalue weighted by atomic mass is 10.1. The van der Waals surface area contributed by atoms with Crippen molar-refractivity contribution in [3.63, 3.8) is 0 Å². The number of carbonyl (C=O) groups is 1. The Hall–Kier alpha value is -1.26. The Morgan fingerprint density at radius 1 is 1.59 bits per heavy atom. The van der Waals surface area contributed by atoms with Gasteiger partial charge in [-0.15, -0.1) is 0 Å². The summed E-state index contributed by atoms with van der Waals surface area (Å²) in [7, 11) is 0. The van der Waals surface area contributed by atoms with Crippen LogP contribution in [0.3, 0.4) is 0 Å². The largest absolute Gasteiger partial charge is 0.508 e. The van der Waals surface area contributed by atoms with Crippen LogP contribution in [0, 0.1) is 0 Å². The molecule has 1 aliphatic rings. The molecule has 17 heavy (non-hydrogen) atoms. The molecule has 2 N–H and O–H groups in total. The third-order valence-electron chi connectivity index (χ3n) is 2.94. The van der Waals surface area contributed by atoms with Crippen LogP contribution in [0.2, 0.25) is 5.02 Å². The molecule has 0 radical (unpaired) electrons. The third-order valence-corrected chi connectivity index (χ3v) is 3.27. The molecule has 4 nitrogen and oxygen atoms in total. The maximum atomic E-state index is 12.3. The third kappa shape index (κ3) is 2.53. The second-order valence-corrected chi connectivity index (χ2v) is 4.62. The van der Waals surface area contributed by atoms with Crippen molar-refractivity contribution in [3.8, 4) is 5.75 Å². The minimum atomic E-state index is -0.125. The summed E-state index contributed by atoms with van der Waals surface area (Å²) in [6.07, 6.45) is 0. The van der Waals surface area contributed by atoms with Crippen molar-refractivity contribution in [2.75, 3.05) is 19.6 Å². The molecule has 1 atom stereocenters. The van der Waals surface area contributed by atoms with Gasteiger partial charge < -0.3 is 15.3 Å². The molecule has 1 amide bonds. The molecule has 1 heterocycles. The molecule has 2 rings (SSSR count). The summed E-state index contributed by atoms with van der Waals surface area (Å²) >= 11 is 5.98. The summed E-state index contributed by atoms with van der Waals surface area (Å²) in [6, 6.07) is 4.56. The van der Waals surface area contributed by atoms with Crippen LogP contribution in [0.1, 0.15) is 17.3 Å². The molecule has 5 heteroatoms. The van der Waals surface area contributed by atoms with Gasteiger partial charge in [-0.3, -0.25) is 4.79 Å². The Kier molecular flexibility index (Phi) is 3.54. The van der Waals surface area contributed by atoms with Crippen LogP contribution < -0.4 is 5.32 Å². The topological polar surface area (TPSA) is 52.6 Å². The van der Waals surface area contributed by atoms with Gasteiger partial charge in [-0.1, -0.05) is 11.6 Å². The number of halogens is 1. The van der Waals surface area contributed by atoms with Crippen LogP contribution in [0.5, 0.6) is 5.75 Å². The van der Waals surface area contributed by atoms with E-state index in [1.54, 1.807) is 4.90 Å². The highest BCUT2D eigenvalue weighted by atomic mass is 35.5. The van der Waals surface area contributed by atoms with Gasteiger partial charge in [0.25, 0.3) is 5.91 Å². The molecule has 1 saturated heterocycles. The highest BCUT2D eigenvalue weighted by Crippen LogP contribution is 2.23. The van der Waals surface area contributed by atoms with Crippen molar-refractivity contribution in [3.05, 3.63) is 28.8 Å². The summed E-state index contributed by atoms with van der Waals surface area (Å²) in [4.78, 5) is 14.1. The Morgan fingerprint density at radius 2 is 2.35 bits per heavy atom. The minimum absolute atomic E-state index is 0.0561. The first-order chi connectivity index (χ1) is 8.09. The van der Waals surface area contributed by atoms with Crippen molar-refractivity contribution < 1.29 is 9.90 Å². The van der Waals surface area contributed by atoms with E-state index in [2.05, 4.69) is 5.32 Å². The Balaban J connectivity index is 2.26. The number of phenols is 1. The van der Waals surface area contributed by atoms with Crippen molar-refractivity contribution in [1.82, 2.24) is 10.2 Å². The molecule has 1 aliphatic heterocycles. The Labute approximate surface area is 105 Å². The molecule has 0 bridgehead atoms. The van der Waals surface area contributed by atoms with Gasteiger partial charge in [-0.05, 0) is 25.1 Å². The summed E-state index contributed by atoms with van der Waals surface area (Å²) < 4.78 is 0. The molecule has 0 unspecified atom stereocenters. The van der Waals surface area contributed by atoms with E-state index in [1.807, 2.05) is 6.92 Å². The van der Waals surface area contributed by atoms with Crippen LogP contribution in [0.25, 0.3) is 0 Å². The summed E-state index contributed by atoms with van der Waals surface area (Å²) in [5.41, 5.74) is 0.361. The first-order valence-corrected chi connectivity index (χ1v) is 5.97. The lowest BCUT2D eigenvalue weighted by molar-refractivity contribution is 0.0655. The molecule has 1 fully saturated rings. The Bertz CT molecular complexity index is 437. The van der Waals surface area contributed by atoms with E-state index in [9.17, 15) is 9.90 Å². The second kappa shape index (κ2) is 4.94. The first kappa shape index (κ1) is 12.2. The summed E-state index contributed by atoms with van der Waals surface area (Å²) in [5.74, 6) is -0.0690. The van der Waals surface area contributed by atoms with Gasteiger partial charge in [-0.25, -0.2) is 0 Å². The first-order valence-electron chi connectivity index (χ1n) is 5.60. The smallest absolute Gasteiger partial charge is 0.255 e. The van der Waals surface area contributed by atoms with Crippen LogP contribution >= 0.6 is 11.6 Å². The van der Waals surface area contributed by atoms with Crippen molar-refractivity contribution >= 4 is 17.5 Å². The average molecular weight is 255 g/mol. The minimum Gasteiger partial charge on any atom is -0.508 e. The maximum Gasteiger partial charge on any atom is 0.255 e. The van der Waals surface area contributed by atoms with Crippen LogP contribution in [0.4, 0.5) is 0 Å². The van der Waals surface area contributed by atoms with Gasteiger partial charge in [0.1, 0.15) is 5.75 Å². The van der Waals surface area contributed by atoms with Crippen LogP contribution in [0.15, 0.2) is 18.2 Å². The monoisotopic (exact) mass is 254 g/mol. The van der Waals surface area contributed by atoms with E-state index >= 15 is 0 Å². The number of nitrogens with zero attached hydrogens (tertiary/aromatic N) is 1. The zero-order chi connectivity index (χ0) is 12.4. The SMILES string of the molecule is C[C@H]1CNCCN1C(=O)c1cc(O)ccc1Cl. The number of aromatic hydroxyl groups is 1. The number of rotatable bonds is 1. The van der Waals surface area contributed by atoms with Gasteiger partial charge in [0.15, 0.2) is 0 Å². The van der Waals surface area contributed by atoms with Crippen LogP contribution in [-0.2, 0) is 0 Å². The molecule has 0 spiro atoms. The zero-order valence-corrected chi connectivity index (χ0v) is 10.4. The highest BCUT2D eigenvalue weighted by molar-refractivity contribution is 6.33. The number of hydrogen-bond donors (Lipinski definition) is 2. The van der Waals surface area contributed by atoms with E-state index in [1.165, 1.54) is 18.2 Å². The number of hydrogen-bond acceptors (Lipinski definition) is 3. The quantitative estimate of drug-likeness (QED) is 0.798. The van der Waals surface area contributed by atoms with E-state index in [0.29, 0.717) is 17.1 Å². The highest BCUT2D eigenvalue weighted by Gasteiger charge is 2.25. The number of amides is 1. The van der Waals surface area contributed by atoms with Crippen molar-refractivity contribution in [1.29, 1.82) is 0 Å². The molecular formula is C12H15ClN2O2. The normalized spacial score (nSPS) is 20.4. The fourth-order valence-corrected chi connectivity index (χ4v) is 2.17. The van der Waals surface area contributed by atoms with Gasteiger partial charge in [0.2, 0.25) is 0 Å². The van der Waals surface area contributed by atoms with E-state index in [-0.39, 0.29) is 17.7 Å². The molecule has 0 aliphatic carbocycles. The zero-order valence-electron chi connectivity index (χ0n) is 9.61. The number of piperazine rings is 1. The summed E-state index contributed by atoms with van der Waals surface area (Å²) in [6.45, 7) is 4.21. The predicted octanol–water partition coefficient (Wildman–Crippen LogP) is 1.48. The number of nitrogens with one attached hydrogen (secondary N) is 1. The standard InChI is InChI=1S/C12H15ClN2O2/c1-8-7-14-4-5-15(8)12(17)10-6-9(16)2-3-11(10)13/h2-3,6,8,14,16H,4-5,7H2,1H3/t8-/m0/s1. The van der Waals surface area contributed by atoms with E-state index in [0.717, 1.165) is 13.1 Å². The fraction of sp³-hybridized carbons (Fsp3) is 0.417. The van der Waals surface area contributed by atoms with E-state index in [4.69, 9.17) is 11.6 Å². The lowest BCUT2D eigenvalue weighted by Crippen LogP contribution is -2.52. The molecular weight excluding hydrogens is 240 g/mol. The van der Waals surface area contributed by atoms with Crippen molar-refractivity contribution in [2.24, 2.45) is 0 Å². The second-order valence-electron chi connectivity index (χ2n) is 4.22. The van der Waals surface area contributed by atoms with E-state index < -0.39 is 0 Å². The number of carbonyl (C=O) groups excluding carboxylic acids is 1. The van der Waals surface area contributed by atoms with Gasteiger partial charge >= 0.3 is 0 Å². The van der Waals surface area contributed by atoms with Gasteiger partial charge in [-0.2, -0.15) is 0 Å². The molecule has 0 aromatic heterocycles. The summed E-state index contributed by atoms with van der Waals surface area (Å²) in [5, 5.41) is 13.0. The Morgan fingerprint density at radius 3 is 3.06 bits per heavy atom. The molecule has 1 aromatic carbocycles. The van der Waals surface area contributed by atoms with Gasteiger partial charge in [0.05, 0.1) is 10.6 Å². The van der Waals surface area contributed by atoms with Gasteiger partial charge in [0, 0.05) is 25.7 Å². The fourth-order valence-electron chi connectivity index (χ4n) is 1.97. The number of phenolic OH excluding ortho intramolecular Hbond substituents is 1. The molecule has 0 saturated carbocycles. The van der Waals surface area contributed by atoms with Crippen LogP contribution in [-0.4, -0.2) is 41.6 Å². The molecule has 92 valence electrons. The predicted molar refractivity (Wildman–Crippen MR) is 66.5 cm³/mol. The average Bonchev–Trinajstić information content (AvgIpc) is 2.32. The lowest BCUT2D eigenvalue weighted by Gasteiger charge is -2.34. The van der Waals surface area contributed by atoms with Crippen molar-refractivity contribution in [2.45, 2.75) is 13.0 Å². The molecule has 1 aromatic rings. The number of benzene rings is 1. The maximum absolute atomic E-state index is 12.3.